The first-order valence-corrected chi connectivity index (χ1v) is 26.5. The molecule has 0 radical (unpaired) electrons. The summed E-state index contributed by atoms with van der Waals surface area (Å²) >= 11 is 0. The number of esters is 3. The van der Waals surface area contributed by atoms with Crippen LogP contribution in [-0.4, -0.2) is 37.2 Å². The van der Waals surface area contributed by atoms with Crippen LogP contribution in [0.15, 0.2) is 109 Å². The molecule has 0 amide bonds. The summed E-state index contributed by atoms with van der Waals surface area (Å²) in [7, 11) is 0. The summed E-state index contributed by atoms with van der Waals surface area (Å²) in [5.74, 6) is -0.960. The van der Waals surface area contributed by atoms with E-state index < -0.39 is 6.10 Å². The van der Waals surface area contributed by atoms with E-state index >= 15 is 0 Å². The molecule has 1 unspecified atom stereocenters. The topological polar surface area (TPSA) is 78.9 Å². The summed E-state index contributed by atoms with van der Waals surface area (Å²) in [5, 5.41) is 0. The summed E-state index contributed by atoms with van der Waals surface area (Å²) in [6, 6.07) is 0. The fourth-order valence-electron chi connectivity index (χ4n) is 6.93. The first-order chi connectivity index (χ1) is 32.0. The van der Waals surface area contributed by atoms with E-state index in [4.69, 9.17) is 14.2 Å². The SMILES string of the molecule is CC/C=C\C/C=C\C/C=C\C/C=C\CCCCCC(=O)OC(COC(=O)CCCCCCC\C=C/C=C\C=C/C=C\C=C/CCC)COC(=O)CCCCCCCCCCCCCCC. The van der Waals surface area contributed by atoms with E-state index in [1.807, 2.05) is 24.3 Å². The molecule has 0 aliphatic rings. The molecule has 0 aliphatic carbocycles. The van der Waals surface area contributed by atoms with Gasteiger partial charge in [0.05, 0.1) is 0 Å². The molecule has 6 heteroatoms. The second kappa shape index (κ2) is 52.7. The van der Waals surface area contributed by atoms with Crippen LogP contribution < -0.4 is 0 Å². The van der Waals surface area contributed by atoms with Crippen molar-refractivity contribution in [3.63, 3.8) is 0 Å². The van der Waals surface area contributed by atoms with Crippen LogP contribution >= 0.6 is 0 Å². The fourth-order valence-corrected chi connectivity index (χ4v) is 6.93. The van der Waals surface area contributed by atoms with Crippen LogP contribution in [0.5, 0.6) is 0 Å². The zero-order chi connectivity index (χ0) is 47.2. The summed E-state index contributed by atoms with van der Waals surface area (Å²) in [4.78, 5) is 38.0. The Labute approximate surface area is 400 Å². The Balaban J connectivity index is 4.51. The molecule has 0 spiro atoms. The minimum absolute atomic E-state index is 0.0998. The predicted molar refractivity (Wildman–Crippen MR) is 279 cm³/mol. The second-order valence-electron chi connectivity index (χ2n) is 17.2. The molecule has 368 valence electrons. The van der Waals surface area contributed by atoms with Gasteiger partial charge in [-0.15, -0.1) is 0 Å². The van der Waals surface area contributed by atoms with Crippen LogP contribution in [0.4, 0.5) is 0 Å². The highest BCUT2D eigenvalue weighted by Crippen LogP contribution is 2.14. The Bertz CT molecular complexity index is 1360. The first kappa shape index (κ1) is 61.1. The molecule has 0 aliphatic heterocycles. The van der Waals surface area contributed by atoms with Crippen molar-refractivity contribution in [2.45, 2.75) is 232 Å². The zero-order valence-electron chi connectivity index (χ0n) is 42.0. The normalized spacial score (nSPS) is 13.0. The van der Waals surface area contributed by atoms with Gasteiger partial charge in [0.2, 0.25) is 0 Å². The van der Waals surface area contributed by atoms with E-state index in [0.29, 0.717) is 12.8 Å². The van der Waals surface area contributed by atoms with Gasteiger partial charge in [0, 0.05) is 19.3 Å². The first-order valence-electron chi connectivity index (χ1n) is 26.5. The summed E-state index contributed by atoms with van der Waals surface area (Å²) in [5.41, 5.74) is 0. The summed E-state index contributed by atoms with van der Waals surface area (Å²) in [6.45, 7) is 6.38. The van der Waals surface area contributed by atoms with Crippen molar-refractivity contribution in [3.8, 4) is 0 Å². The zero-order valence-corrected chi connectivity index (χ0v) is 42.0. The minimum Gasteiger partial charge on any atom is -0.462 e. The Morgan fingerprint density at radius 3 is 1.15 bits per heavy atom. The number of allylic oxidation sites excluding steroid dienone is 18. The number of hydrogen-bond acceptors (Lipinski definition) is 6. The van der Waals surface area contributed by atoms with Gasteiger partial charge in [-0.1, -0.05) is 239 Å². The third-order valence-corrected chi connectivity index (χ3v) is 10.9. The van der Waals surface area contributed by atoms with Crippen molar-refractivity contribution in [1.82, 2.24) is 0 Å². The Morgan fingerprint density at radius 1 is 0.338 bits per heavy atom. The lowest BCUT2D eigenvalue weighted by Gasteiger charge is -2.18. The van der Waals surface area contributed by atoms with Crippen LogP contribution in [0.3, 0.4) is 0 Å². The molecule has 0 aromatic carbocycles. The molecule has 0 saturated carbocycles. The fraction of sp³-hybridized carbons (Fsp3) is 0.644. The molecule has 65 heavy (non-hydrogen) atoms. The van der Waals surface area contributed by atoms with Crippen LogP contribution in [0.2, 0.25) is 0 Å². The molecule has 0 rings (SSSR count). The van der Waals surface area contributed by atoms with Gasteiger partial charge in [0.25, 0.3) is 0 Å². The van der Waals surface area contributed by atoms with Gasteiger partial charge in [0.15, 0.2) is 6.10 Å². The standard InChI is InChI=1S/C59H96O6/c1-4-7-10-13-16-19-22-25-27-29-30-32-34-37-40-43-46-49-52-58(61)64-55-56(54-63-57(60)51-48-45-42-39-36-33-24-21-18-15-12-9-6-3)65-59(62)53-50-47-44-41-38-35-31-28-26-23-20-17-14-11-8-5-2/h8,10-11,13,16-17,19-20,22,25-30,32,35,38,56H,4-7,9,12,14-15,18,21,23-24,31,33-34,36-37,39-55H2,1-3H3/b11-8-,13-10-,19-16-,20-17-,25-22-,28-26-,29-27-,32-30-,38-35-. The average molecular weight is 901 g/mol. The van der Waals surface area contributed by atoms with Crippen molar-refractivity contribution >= 4 is 17.9 Å². The number of carbonyl (C=O) groups is 3. The molecular weight excluding hydrogens is 805 g/mol. The van der Waals surface area contributed by atoms with E-state index in [0.717, 1.165) is 116 Å². The monoisotopic (exact) mass is 901 g/mol. The number of ether oxygens (including phenoxy) is 3. The van der Waals surface area contributed by atoms with Crippen molar-refractivity contribution < 1.29 is 28.6 Å². The highest BCUT2D eigenvalue weighted by molar-refractivity contribution is 5.71. The quantitative estimate of drug-likeness (QED) is 0.0199. The Morgan fingerprint density at radius 2 is 0.692 bits per heavy atom. The molecular formula is C59H96O6. The number of carbonyl (C=O) groups excluding carboxylic acids is 3. The molecule has 0 saturated heterocycles. The van der Waals surface area contributed by atoms with Crippen LogP contribution in [0.25, 0.3) is 0 Å². The lowest BCUT2D eigenvalue weighted by atomic mass is 10.0. The van der Waals surface area contributed by atoms with Crippen LogP contribution in [-0.2, 0) is 28.6 Å². The van der Waals surface area contributed by atoms with Gasteiger partial charge < -0.3 is 14.2 Å². The molecule has 0 N–H and O–H groups in total. The predicted octanol–water partition coefficient (Wildman–Crippen LogP) is 17.5. The Hall–Kier alpha value is -3.93. The maximum Gasteiger partial charge on any atom is 0.306 e. The summed E-state index contributed by atoms with van der Waals surface area (Å²) in [6.07, 6.45) is 70.6. The molecule has 6 nitrogen and oxygen atoms in total. The van der Waals surface area contributed by atoms with Crippen molar-refractivity contribution in [2.24, 2.45) is 0 Å². The third kappa shape index (κ3) is 50.9. The number of hydrogen-bond donors (Lipinski definition) is 0. The van der Waals surface area contributed by atoms with Crippen molar-refractivity contribution in [1.29, 1.82) is 0 Å². The third-order valence-electron chi connectivity index (χ3n) is 10.9. The van der Waals surface area contributed by atoms with Crippen LogP contribution in [0.1, 0.15) is 226 Å². The van der Waals surface area contributed by atoms with Gasteiger partial charge in [-0.05, 0) is 77.0 Å². The maximum atomic E-state index is 12.8. The van der Waals surface area contributed by atoms with Gasteiger partial charge in [0.1, 0.15) is 13.2 Å². The van der Waals surface area contributed by atoms with E-state index in [-0.39, 0.29) is 37.5 Å². The summed E-state index contributed by atoms with van der Waals surface area (Å²) < 4.78 is 16.8. The lowest BCUT2D eigenvalue weighted by molar-refractivity contribution is -0.167. The molecule has 1 atom stereocenters. The van der Waals surface area contributed by atoms with Gasteiger partial charge >= 0.3 is 17.9 Å². The highest BCUT2D eigenvalue weighted by Gasteiger charge is 2.19. The van der Waals surface area contributed by atoms with E-state index in [9.17, 15) is 14.4 Å². The van der Waals surface area contributed by atoms with E-state index in [1.54, 1.807) is 0 Å². The van der Waals surface area contributed by atoms with Crippen LogP contribution in [0, 0.1) is 0 Å². The molecule has 0 fully saturated rings. The van der Waals surface area contributed by atoms with Gasteiger partial charge in [-0.3, -0.25) is 14.4 Å². The number of unbranched alkanes of at least 4 members (excludes halogenated alkanes) is 21. The molecule has 0 bridgehead atoms. The molecule has 0 aromatic heterocycles. The van der Waals surface area contributed by atoms with E-state index in [2.05, 4.69) is 106 Å². The largest absolute Gasteiger partial charge is 0.462 e. The number of rotatable bonds is 46. The van der Waals surface area contributed by atoms with Gasteiger partial charge in [-0.25, -0.2) is 0 Å². The lowest BCUT2D eigenvalue weighted by Crippen LogP contribution is -2.30. The van der Waals surface area contributed by atoms with Gasteiger partial charge in [-0.2, -0.15) is 0 Å². The average Bonchev–Trinajstić information content (AvgIpc) is 3.30. The highest BCUT2D eigenvalue weighted by atomic mass is 16.6. The molecule has 0 heterocycles. The smallest absolute Gasteiger partial charge is 0.306 e. The Kier molecular flexibility index (Phi) is 49.5. The van der Waals surface area contributed by atoms with E-state index in [1.165, 1.54) is 70.6 Å². The maximum absolute atomic E-state index is 12.8. The van der Waals surface area contributed by atoms with Crippen molar-refractivity contribution in [2.75, 3.05) is 13.2 Å². The molecule has 0 aromatic rings. The minimum atomic E-state index is -0.806. The van der Waals surface area contributed by atoms with Crippen molar-refractivity contribution in [3.05, 3.63) is 109 Å². The second-order valence-corrected chi connectivity index (χ2v) is 17.2.